The van der Waals surface area contributed by atoms with Gasteiger partial charge in [0.25, 0.3) is 5.56 Å². The van der Waals surface area contributed by atoms with Crippen LogP contribution in [0.2, 0.25) is 0 Å². The molecular weight excluding hydrogens is 342 g/mol. The molecule has 0 bridgehead atoms. The number of aromatic nitrogens is 2. The van der Waals surface area contributed by atoms with E-state index in [2.05, 4.69) is 24.0 Å². The van der Waals surface area contributed by atoms with Gasteiger partial charge >= 0.3 is 6.09 Å². The molecule has 1 aliphatic heterocycles. The Morgan fingerprint density at radius 1 is 1.15 bits per heavy atom. The fraction of sp³-hybridized carbons (Fsp3) is 0.286. The molecule has 4 rings (SSSR count). The zero-order chi connectivity index (χ0) is 19.0. The van der Waals surface area contributed by atoms with Gasteiger partial charge in [-0.15, -0.1) is 0 Å². The van der Waals surface area contributed by atoms with Crippen molar-refractivity contribution in [1.82, 2.24) is 14.5 Å². The lowest BCUT2D eigenvalue weighted by atomic mass is 9.97. The van der Waals surface area contributed by atoms with Crippen molar-refractivity contribution in [3.8, 4) is 0 Å². The predicted molar refractivity (Wildman–Crippen MR) is 103 cm³/mol. The van der Waals surface area contributed by atoms with Crippen LogP contribution in [0.1, 0.15) is 29.2 Å². The Balaban J connectivity index is 1.85. The summed E-state index contributed by atoms with van der Waals surface area (Å²) in [5.41, 5.74) is 4.27. The number of nitrogens with zero attached hydrogens (tertiary/aromatic N) is 3. The van der Waals surface area contributed by atoms with Crippen LogP contribution in [-0.2, 0) is 25.9 Å². The predicted octanol–water partition coefficient (Wildman–Crippen LogP) is 3.04. The van der Waals surface area contributed by atoms with Crippen LogP contribution in [-0.4, -0.2) is 32.2 Å². The van der Waals surface area contributed by atoms with E-state index >= 15 is 0 Å². The second kappa shape index (κ2) is 6.87. The van der Waals surface area contributed by atoms with Crippen molar-refractivity contribution < 1.29 is 9.90 Å². The molecular formula is C21H21N3O3. The smallest absolute Gasteiger partial charge is 0.407 e. The van der Waals surface area contributed by atoms with Gasteiger partial charge in [-0.3, -0.25) is 9.36 Å². The van der Waals surface area contributed by atoms with E-state index in [-0.39, 0.29) is 12.1 Å². The Hall–Kier alpha value is -3.15. The number of fused-ring (bicyclic) bond motifs is 3. The molecule has 1 aliphatic rings. The summed E-state index contributed by atoms with van der Waals surface area (Å²) in [4.78, 5) is 30.4. The number of hydrogen-bond acceptors (Lipinski definition) is 3. The molecule has 1 amide bonds. The maximum Gasteiger partial charge on any atom is 0.407 e. The van der Waals surface area contributed by atoms with Crippen LogP contribution in [0.3, 0.4) is 0 Å². The van der Waals surface area contributed by atoms with Gasteiger partial charge in [0.1, 0.15) is 5.65 Å². The van der Waals surface area contributed by atoms with Crippen molar-refractivity contribution in [3.05, 3.63) is 75.2 Å². The minimum atomic E-state index is -0.993. The molecule has 0 unspecified atom stereocenters. The maximum absolute atomic E-state index is 13.2. The third-order valence-electron chi connectivity index (χ3n) is 5.26. The quantitative estimate of drug-likeness (QED) is 0.776. The van der Waals surface area contributed by atoms with Crippen LogP contribution < -0.4 is 5.56 Å². The second-order valence-corrected chi connectivity index (χ2v) is 6.85. The number of carbonyl (C=O) groups is 1. The van der Waals surface area contributed by atoms with Gasteiger partial charge in [0, 0.05) is 23.7 Å². The molecule has 6 heteroatoms. The van der Waals surface area contributed by atoms with E-state index < -0.39 is 6.09 Å². The Morgan fingerprint density at radius 2 is 1.89 bits per heavy atom. The van der Waals surface area contributed by atoms with Crippen molar-refractivity contribution in [2.24, 2.45) is 0 Å². The maximum atomic E-state index is 13.2. The molecule has 1 N–H and O–H groups in total. The minimum absolute atomic E-state index is 0.128. The van der Waals surface area contributed by atoms with E-state index in [0.29, 0.717) is 30.7 Å². The first-order valence-electron chi connectivity index (χ1n) is 9.13. The Morgan fingerprint density at radius 3 is 2.59 bits per heavy atom. The summed E-state index contributed by atoms with van der Waals surface area (Å²) in [6.07, 6.45) is 2.20. The van der Waals surface area contributed by atoms with E-state index in [9.17, 15) is 14.7 Å². The van der Waals surface area contributed by atoms with Crippen LogP contribution >= 0.6 is 0 Å². The SMILES string of the molecule is CCc1ccc(Cn2c(=O)c3c(c4cccnc42)CCN(C(=O)O)C3)cc1. The number of rotatable bonds is 3. The molecule has 138 valence electrons. The van der Waals surface area contributed by atoms with E-state index in [1.54, 1.807) is 10.8 Å². The zero-order valence-electron chi connectivity index (χ0n) is 15.2. The molecule has 3 heterocycles. The van der Waals surface area contributed by atoms with Crippen molar-refractivity contribution in [1.29, 1.82) is 0 Å². The summed E-state index contributed by atoms with van der Waals surface area (Å²) in [6.45, 7) is 3.04. The average Bonchev–Trinajstić information content (AvgIpc) is 2.71. The lowest BCUT2D eigenvalue weighted by Crippen LogP contribution is -2.40. The summed E-state index contributed by atoms with van der Waals surface area (Å²) >= 11 is 0. The molecule has 1 aromatic carbocycles. The first kappa shape index (κ1) is 17.3. The molecule has 0 atom stereocenters. The van der Waals surface area contributed by atoms with Crippen molar-refractivity contribution in [3.63, 3.8) is 0 Å². The molecule has 27 heavy (non-hydrogen) atoms. The first-order valence-corrected chi connectivity index (χ1v) is 9.13. The zero-order valence-corrected chi connectivity index (χ0v) is 15.2. The highest BCUT2D eigenvalue weighted by molar-refractivity contribution is 5.81. The van der Waals surface area contributed by atoms with Gasteiger partial charge in [-0.05, 0) is 41.7 Å². The van der Waals surface area contributed by atoms with Crippen molar-refractivity contribution in [2.45, 2.75) is 32.9 Å². The monoisotopic (exact) mass is 363 g/mol. The number of aryl methyl sites for hydroxylation is 1. The van der Waals surface area contributed by atoms with Crippen LogP contribution in [0.15, 0.2) is 47.4 Å². The molecule has 0 radical (unpaired) electrons. The molecule has 0 fully saturated rings. The summed E-state index contributed by atoms with van der Waals surface area (Å²) in [7, 11) is 0. The van der Waals surface area contributed by atoms with Gasteiger partial charge in [-0.1, -0.05) is 31.2 Å². The molecule has 0 saturated carbocycles. The second-order valence-electron chi connectivity index (χ2n) is 6.85. The Labute approximate surface area is 156 Å². The highest BCUT2D eigenvalue weighted by atomic mass is 16.4. The Bertz CT molecular complexity index is 1070. The standard InChI is InChI=1S/C21H21N3O3/c1-2-14-5-7-15(8-6-14)12-24-19-17(4-3-10-22-19)16-9-11-23(21(26)27)13-18(16)20(24)25/h3-8,10H,2,9,11-13H2,1H3,(H,26,27). The van der Waals surface area contributed by atoms with Crippen molar-refractivity contribution >= 4 is 17.1 Å². The van der Waals surface area contributed by atoms with Gasteiger partial charge in [0.05, 0.1) is 13.1 Å². The number of benzene rings is 1. The first-order chi connectivity index (χ1) is 13.1. The molecule has 6 nitrogen and oxygen atoms in total. The molecule has 0 aliphatic carbocycles. The normalized spacial score (nSPS) is 13.6. The van der Waals surface area contributed by atoms with Gasteiger partial charge in [-0.25, -0.2) is 9.78 Å². The lowest BCUT2D eigenvalue weighted by Gasteiger charge is -2.27. The molecule has 3 aromatic rings. The largest absolute Gasteiger partial charge is 0.465 e. The van der Waals surface area contributed by atoms with Crippen LogP contribution in [0, 0.1) is 0 Å². The highest BCUT2D eigenvalue weighted by Crippen LogP contribution is 2.24. The average molecular weight is 363 g/mol. The van der Waals surface area contributed by atoms with E-state index in [1.165, 1.54) is 10.5 Å². The summed E-state index contributed by atoms with van der Waals surface area (Å²) in [5.74, 6) is 0. The number of pyridine rings is 2. The molecule has 0 spiro atoms. The molecule has 0 saturated heterocycles. The summed E-state index contributed by atoms with van der Waals surface area (Å²) < 4.78 is 1.67. The van der Waals surface area contributed by atoms with Gasteiger partial charge in [0.2, 0.25) is 0 Å². The van der Waals surface area contributed by atoms with Crippen LogP contribution in [0.25, 0.3) is 11.0 Å². The summed E-state index contributed by atoms with van der Waals surface area (Å²) in [5, 5.41) is 10.3. The van der Waals surface area contributed by atoms with E-state index in [1.807, 2.05) is 24.3 Å². The van der Waals surface area contributed by atoms with E-state index in [4.69, 9.17) is 0 Å². The third-order valence-corrected chi connectivity index (χ3v) is 5.26. The lowest BCUT2D eigenvalue weighted by molar-refractivity contribution is 0.139. The molecule has 2 aromatic heterocycles. The number of amides is 1. The highest BCUT2D eigenvalue weighted by Gasteiger charge is 2.26. The Kier molecular flexibility index (Phi) is 4.39. The summed E-state index contributed by atoms with van der Waals surface area (Å²) in [6, 6.07) is 12.0. The number of carboxylic acid groups (broad SMARTS) is 1. The fourth-order valence-corrected chi connectivity index (χ4v) is 3.74. The van der Waals surface area contributed by atoms with Crippen LogP contribution in [0.4, 0.5) is 4.79 Å². The van der Waals surface area contributed by atoms with Gasteiger partial charge in [0.15, 0.2) is 0 Å². The third kappa shape index (κ3) is 3.07. The fourth-order valence-electron chi connectivity index (χ4n) is 3.74. The topological polar surface area (TPSA) is 75.4 Å². The van der Waals surface area contributed by atoms with Gasteiger partial charge < -0.3 is 10.0 Å². The van der Waals surface area contributed by atoms with E-state index in [0.717, 1.165) is 22.9 Å². The van der Waals surface area contributed by atoms with Crippen molar-refractivity contribution in [2.75, 3.05) is 6.54 Å². The minimum Gasteiger partial charge on any atom is -0.465 e. The number of hydrogen-bond donors (Lipinski definition) is 1. The van der Waals surface area contributed by atoms with Crippen LogP contribution in [0.5, 0.6) is 0 Å². The van der Waals surface area contributed by atoms with Gasteiger partial charge in [-0.2, -0.15) is 0 Å².